The first-order chi connectivity index (χ1) is 16.0. The molecule has 0 radical (unpaired) electrons. The van der Waals surface area contributed by atoms with Gasteiger partial charge in [-0.25, -0.2) is 4.79 Å². The molecule has 1 saturated heterocycles. The monoisotopic (exact) mass is 480 g/mol. The number of thiophene rings is 2. The van der Waals surface area contributed by atoms with Crippen molar-refractivity contribution in [1.82, 2.24) is 20.7 Å². The zero-order chi connectivity index (χ0) is 23.0. The van der Waals surface area contributed by atoms with Gasteiger partial charge in [0.25, 0.3) is 11.8 Å². The molecule has 2 aliphatic heterocycles. The first kappa shape index (κ1) is 21.8. The number of carbonyl (C=O) groups is 3. The lowest BCUT2D eigenvalue weighted by Crippen LogP contribution is -2.52. The first-order valence-corrected chi connectivity index (χ1v) is 12.6. The molecule has 9 heteroatoms. The number of hydrazine groups is 1. The third-order valence-electron chi connectivity index (χ3n) is 6.35. The molecule has 0 aliphatic carbocycles. The molecule has 5 rings (SSSR count). The first-order valence-electron chi connectivity index (χ1n) is 10.9. The van der Waals surface area contributed by atoms with Gasteiger partial charge in [0.05, 0.1) is 12.6 Å². The van der Waals surface area contributed by atoms with Crippen LogP contribution in [0.25, 0.3) is 0 Å². The fourth-order valence-electron chi connectivity index (χ4n) is 4.70. The van der Waals surface area contributed by atoms with Crippen molar-refractivity contribution in [2.45, 2.75) is 31.3 Å². The van der Waals surface area contributed by atoms with Gasteiger partial charge in [-0.1, -0.05) is 43.3 Å². The summed E-state index contributed by atoms with van der Waals surface area (Å²) in [5.74, 6) is -0.859. The molecule has 4 heterocycles. The number of fused-ring (bicyclic) bond motifs is 1. The van der Waals surface area contributed by atoms with Crippen molar-refractivity contribution in [3.8, 4) is 0 Å². The molecule has 4 amide bonds. The zero-order valence-corrected chi connectivity index (χ0v) is 19.7. The van der Waals surface area contributed by atoms with Crippen molar-refractivity contribution < 1.29 is 14.4 Å². The van der Waals surface area contributed by atoms with Gasteiger partial charge in [-0.3, -0.25) is 19.9 Å². The van der Waals surface area contributed by atoms with Crippen LogP contribution in [0.4, 0.5) is 4.79 Å². The molecule has 7 nitrogen and oxygen atoms in total. The molecule has 0 spiro atoms. The number of nitrogens with one attached hydrogen (secondary N) is 2. The van der Waals surface area contributed by atoms with Crippen LogP contribution in [0.15, 0.2) is 59.3 Å². The number of amides is 4. The van der Waals surface area contributed by atoms with Gasteiger partial charge in [-0.05, 0) is 46.9 Å². The highest BCUT2D eigenvalue weighted by Gasteiger charge is 2.52. The minimum absolute atomic E-state index is 0.00657. The minimum Gasteiger partial charge on any atom is -0.318 e. The van der Waals surface area contributed by atoms with Crippen LogP contribution in [-0.4, -0.2) is 40.8 Å². The highest BCUT2D eigenvalue weighted by atomic mass is 32.1. The maximum atomic E-state index is 13.3. The van der Waals surface area contributed by atoms with Crippen LogP contribution in [0.1, 0.15) is 40.3 Å². The van der Waals surface area contributed by atoms with E-state index in [-0.39, 0.29) is 12.6 Å². The normalized spacial score (nSPS) is 22.8. The van der Waals surface area contributed by atoms with Crippen LogP contribution in [0.5, 0.6) is 0 Å². The predicted molar refractivity (Wildman–Crippen MR) is 128 cm³/mol. The molecule has 0 saturated carbocycles. The van der Waals surface area contributed by atoms with Crippen molar-refractivity contribution in [2.75, 3.05) is 13.1 Å². The van der Waals surface area contributed by atoms with E-state index in [9.17, 15) is 14.4 Å². The SMILES string of the molecule is CC[C@]1(c2ccccc2)NC(=O)N(NC(=O)CN2CCc3sccc3[C@@H]2c2cccs2)C1=O. The standard InChI is InChI=1S/C24H24N4O3S2/c1-2-24(16-7-4-3-5-8-16)22(30)28(23(31)25-24)26-20(29)15-27-12-10-18-17(11-14-33-18)21(27)19-9-6-13-32-19/h3-9,11,13-14,21H,2,10,12,15H2,1H3,(H,25,31)(H,26,29)/t21-,24-/m1/s1. The largest absolute Gasteiger partial charge is 0.344 e. The summed E-state index contributed by atoms with van der Waals surface area (Å²) >= 11 is 3.41. The Balaban J connectivity index is 1.34. The van der Waals surface area contributed by atoms with Gasteiger partial charge >= 0.3 is 6.03 Å². The molecular weight excluding hydrogens is 456 g/mol. The summed E-state index contributed by atoms with van der Waals surface area (Å²) in [6.07, 6.45) is 1.25. The average Bonchev–Trinajstić information content (AvgIpc) is 3.57. The molecule has 170 valence electrons. The van der Waals surface area contributed by atoms with Gasteiger partial charge in [0.1, 0.15) is 5.54 Å². The van der Waals surface area contributed by atoms with Crippen LogP contribution in [0.2, 0.25) is 0 Å². The van der Waals surface area contributed by atoms with Gasteiger partial charge in [0, 0.05) is 16.3 Å². The van der Waals surface area contributed by atoms with Crippen molar-refractivity contribution in [3.05, 3.63) is 80.2 Å². The quantitative estimate of drug-likeness (QED) is 0.528. The van der Waals surface area contributed by atoms with E-state index in [4.69, 9.17) is 0 Å². The Morgan fingerprint density at radius 3 is 2.67 bits per heavy atom. The van der Waals surface area contributed by atoms with E-state index >= 15 is 0 Å². The Hall–Kier alpha value is -3.01. The van der Waals surface area contributed by atoms with E-state index in [1.165, 1.54) is 15.3 Å². The maximum absolute atomic E-state index is 13.3. The highest BCUT2D eigenvalue weighted by Crippen LogP contribution is 2.39. The summed E-state index contributed by atoms with van der Waals surface area (Å²) in [6.45, 7) is 2.65. The summed E-state index contributed by atoms with van der Waals surface area (Å²) in [4.78, 5) is 43.7. The third-order valence-corrected chi connectivity index (χ3v) is 8.27. The second kappa shape index (κ2) is 8.74. The number of nitrogens with zero attached hydrogens (tertiary/aromatic N) is 2. The molecule has 0 bridgehead atoms. The lowest BCUT2D eigenvalue weighted by Gasteiger charge is -2.35. The lowest BCUT2D eigenvalue weighted by molar-refractivity contribution is -0.140. The average molecular weight is 481 g/mol. The number of urea groups is 1. The summed E-state index contributed by atoms with van der Waals surface area (Å²) in [5.41, 5.74) is 3.31. The Morgan fingerprint density at radius 2 is 1.94 bits per heavy atom. The van der Waals surface area contributed by atoms with E-state index in [1.54, 1.807) is 22.7 Å². The second-order valence-electron chi connectivity index (χ2n) is 8.17. The number of carbonyl (C=O) groups excluding carboxylic acids is 3. The Labute approximate surface area is 200 Å². The molecule has 1 aromatic carbocycles. The van der Waals surface area contributed by atoms with E-state index in [1.807, 2.05) is 48.7 Å². The molecule has 2 atom stereocenters. The fourth-order valence-corrected chi connectivity index (χ4v) is 6.48. The molecule has 2 aliphatic rings. The number of hydrogen-bond donors (Lipinski definition) is 2. The Bertz CT molecular complexity index is 1180. The number of benzene rings is 1. The number of hydrogen-bond acceptors (Lipinski definition) is 6. The second-order valence-corrected chi connectivity index (χ2v) is 10.1. The summed E-state index contributed by atoms with van der Waals surface area (Å²) in [7, 11) is 0. The Morgan fingerprint density at radius 1 is 1.12 bits per heavy atom. The van der Waals surface area contributed by atoms with E-state index in [0.29, 0.717) is 12.0 Å². The molecule has 33 heavy (non-hydrogen) atoms. The Kier molecular flexibility index (Phi) is 5.77. The van der Waals surface area contributed by atoms with Crippen LogP contribution in [0, 0.1) is 0 Å². The van der Waals surface area contributed by atoms with Crippen LogP contribution < -0.4 is 10.7 Å². The van der Waals surface area contributed by atoms with Crippen molar-refractivity contribution in [3.63, 3.8) is 0 Å². The van der Waals surface area contributed by atoms with Gasteiger partial charge in [-0.15, -0.1) is 22.7 Å². The van der Waals surface area contributed by atoms with Crippen molar-refractivity contribution >= 4 is 40.5 Å². The smallest absolute Gasteiger partial charge is 0.318 e. The third kappa shape index (κ3) is 3.76. The van der Waals surface area contributed by atoms with Crippen LogP contribution in [-0.2, 0) is 21.5 Å². The maximum Gasteiger partial charge on any atom is 0.344 e. The summed E-state index contributed by atoms with van der Waals surface area (Å²) < 4.78 is 0. The van der Waals surface area contributed by atoms with Gasteiger partial charge in [-0.2, -0.15) is 5.01 Å². The molecule has 1 fully saturated rings. The van der Waals surface area contributed by atoms with Gasteiger partial charge in [0.2, 0.25) is 0 Å². The van der Waals surface area contributed by atoms with E-state index in [0.717, 1.165) is 18.0 Å². The van der Waals surface area contributed by atoms with Crippen molar-refractivity contribution in [1.29, 1.82) is 0 Å². The minimum atomic E-state index is -1.18. The van der Waals surface area contributed by atoms with E-state index in [2.05, 4.69) is 33.2 Å². The molecule has 3 aromatic rings. The molecule has 2 aromatic heterocycles. The highest BCUT2D eigenvalue weighted by molar-refractivity contribution is 7.10. The fraction of sp³-hybridized carbons (Fsp3) is 0.292. The zero-order valence-electron chi connectivity index (χ0n) is 18.1. The number of rotatable bonds is 6. The van der Waals surface area contributed by atoms with Crippen LogP contribution in [0.3, 0.4) is 0 Å². The van der Waals surface area contributed by atoms with Crippen molar-refractivity contribution in [2.24, 2.45) is 0 Å². The lowest BCUT2D eigenvalue weighted by atomic mass is 9.87. The molecule has 2 N–H and O–H groups in total. The van der Waals surface area contributed by atoms with Gasteiger partial charge < -0.3 is 5.32 Å². The van der Waals surface area contributed by atoms with Gasteiger partial charge in [0.15, 0.2) is 0 Å². The summed E-state index contributed by atoms with van der Waals surface area (Å²) in [5, 5.41) is 7.76. The van der Waals surface area contributed by atoms with E-state index < -0.39 is 23.4 Å². The van der Waals surface area contributed by atoms with Crippen LogP contribution >= 0.6 is 22.7 Å². The molecular formula is C24H24N4O3S2. The predicted octanol–water partition coefficient (Wildman–Crippen LogP) is 3.65. The summed E-state index contributed by atoms with van der Waals surface area (Å²) in [6, 6.07) is 14.7. The number of imide groups is 1. The molecule has 0 unspecified atom stereocenters. The topological polar surface area (TPSA) is 81.8 Å².